The van der Waals surface area contributed by atoms with Gasteiger partial charge in [0.15, 0.2) is 0 Å². The molecular formula is C15H16BrNO3. The number of carbonyl (C=O) groups is 1. The van der Waals surface area contributed by atoms with Crippen molar-refractivity contribution >= 4 is 27.6 Å². The number of carbonyl (C=O) groups excluding carboxylic acids is 1. The third-order valence-corrected chi connectivity index (χ3v) is 3.64. The Morgan fingerprint density at radius 2 is 2.10 bits per heavy atom. The van der Waals surface area contributed by atoms with Crippen LogP contribution < -0.4 is 5.32 Å². The van der Waals surface area contributed by atoms with Crippen LogP contribution in [0.25, 0.3) is 0 Å². The monoisotopic (exact) mass is 337 g/mol. The normalized spacial score (nSPS) is 10.4. The van der Waals surface area contributed by atoms with Crippen molar-refractivity contribution in [3.63, 3.8) is 0 Å². The van der Waals surface area contributed by atoms with Gasteiger partial charge in [-0.2, -0.15) is 0 Å². The third kappa shape index (κ3) is 3.22. The molecule has 1 heterocycles. The van der Waals surface area contributed by atoms with Crippen LogP contribution in [0.1, 0.15) is 27.4 Å². The number of methoxy groups -OCH3 is 1. The van der Waals surface area contributed by atoms with Crippen molar-refractivity contribution in [3.05, 3.63) is 51.4 Å². The van der Waals surface area contributed by atoms with Crippen LogP contribution in [0.15, 0.2) is 33.2 Å². The maximum Gasteiger partial charge on any atom is 0.341 e. The van der Waals surface area contributed by atoms with Crippen molar-refractivity contribution in [1.29, 1.82) is 0 Å². The zero-order chi connectivity index (χ0) is 14.7. The van der Waals surface area contributed by atoms with E-state index in [4.69, 9.17) is 9.15 Å². The average molecular weight is 338 g/mol. The van der Waals surface area contributed by atoms with E-state index in [9.17, 15) is 4.79 Å². The lowest BCUT2D eigenvalue weighted by atomic mass is 10.2. The fourth-order valence-electron chi connectivity index (χ4n) is 1.90. The highest BCUT2D eigenvalue weighted by Crippen LogP contribution is 2.24. The smallest absolute Gasteiger partial charge is 0.341 e. The second-order valence-electron chi connectivity index (χ2n) is 4.51. The molecule has 0 fully saturated rings. The van der Waals surface area contributed by atoms with Crippen molar-refractivity contribution < 1.29 is 13.9 Å². The molecule has 1 N–H and O–H groups in total. The van der Waals surface area contributed by atoms with E-state index >= 15 is 0 Å². The first kappa shape index (κ1) is 14.7. The van der Waals surface area contributed by atoms with Gasteiger partial charge in [-0.25, -0.2) is 4.79 Å². The van der Waals surface area contributed by atoms with E-state index in [1.54, 1.807) is 13.0 Å². The Kier molecular flexibility index (Phi) is 4.49. The summed E-state index contributed by atoms with van der Waals surface area (Å²) in [5.74, 6) is 0.877. The van der Waals surface area contributed by atoms with Crippen molar-refractivity contribution in [2.24, 2.45) is 0 Å². The van der Waals surface area contributed by atoms with Gasteiger partial charge in [-0.15, -0.1) is 0 Å². The minimum Gasteiger partial charge on any atom is -0.465 e. The molecule has 1 aromatic heterocycles. The molecule has 0 aliphatic rings. The highest BCUT2D eigenvalue weighted by Gasteiger charge is 2.15. The van der Waals surface area contributed by atoms with E-state index in [1.165, 1.54) is 12.7 Å². The quantitative estimate of drug-likeness (QED) is 0.855. The van der Waals surface area contributed by atoms with Gasteiger partial charge in [0.25, 0.3) is 0 Å². The topological polar surface area (TPSA) is 51.5 Å². The number of esters is 1. The molecule has 0 aliphatic heterocycles. The van der Waals surface area contributed by atoms with E-state index in [0.717, 1.165) is 10.2 Å². The second kappa shape index (κ2) is 6.13. The van der Waals surface area contributed by atoms with Gasteiger partial charge < -0.3 is 14.5 Å². The van der Waals surface area contributed by atoms with Gasteiger partial charge in [0, 0.05) is 10.2 Å². The van der Waals surface area contributed by atoms with Gasteiger partial charge in [0.1, 0.15) is 17.1 Å². The predicted molar refractivity (Wildman–Crippen MR) is 81.0 cm³/mol. The zero-order valence-electron chi connectivity index (χ0n) is 11.6. The predicted octanol–water partition coefficient (Wildman–Crippen LogP) is 4.06. The highest BCUT2D eigenvalue weighted by molar-refractivity contribution is 9.10. The first-order chi connectivity index (χ1) is 9.51. The molecule has 0 atom stereocenters. The van der Waals surface area contributed by atoms with E-state index in [0.29, 0.717) is 23.6 Å². The summed E-state index contributed by atoms with van der Waals surface area (Å²) in [5.41, 5.74) is 2.62. The lowest BCUT2D eigenvalue weighted by Gasteiger charge is -2.07. The van der Waals surface area contributed by atoms with Crippen molar-refractivity contribution in [1.82, 2.24) is 0 Å². The number of halogens is 1. The third-order valence-electron chi connectivity index (χ3n) is 2.95. The number of anilines is 1. The average Bonchev–Trinajstić information content (AvgIpc) is 2.80. The minimum atomic E-state index is -0.380. The largest absolute Gasteiger partial charge is 0.465 e. The molecule has 2 rings (SSSR count). The van der Waals surface area contributed by atoms with Crippen molar-refractivity contribution in [3.8, 4) is 0 Å². The molecule has 20 heavy (non-hydrogen) atoms. The van der Waals surface area contributed by atoms with Crippen LogP contribution in [0.5, 0.6) is 0 Å². The number of aryl methyl sites for hydroxylation is 2. The summed E-state index contributed by atoms with van der Waals surface area (Å²) < 4.78 is 11.2. The lowest BCUT2D eigenvalue weighted by Crippen LogP contribution is -2.01. The molecule has 0 amide bonds. The Labute approximate surface area is 126 Å². The van der Waals surface area contributed by atoms with E-state index in [-0.39, 0.29) is 5.97 Å². The van der Waals surface area contributed by atoms with Crippen molar-refractivity contribution in [2.75, 3.05) is 12.4 Å². The van der Waals surface area contributed by atoms with Crippen LogP contribution in [0.2, 0.25) is 0 Å². The molecule has 0 aliphatic carbocycles. The lowest BCUT2D eigenvalue weighted by molar-refractivity contribution is 0.0599. The number of rotatable bonds is 4. The Hall–Kier alpha value is -1.75. The van der Waals surface area contributed by atoms with Gasteiger partial charge in [-0.05, 0) is 53.5 Å². The summed E-state index contributed by atoms with van der Waals surface area (Å²) in [7, 11) is 1.36. The van der Waals surface area contributed by atoms with E-state index in [2.05, 4.69) is 21.2 Å². The summed E-state index contributed by atoms with van der Waals surface area (Å²) in [5, 5.41) is 3.27. The van der Waals surface area contributed by atoms with Gasteiger partial charge in [-0.3, -0.25) is 0 Å². The number of benzene rings is 1. The maximum absolute atomic E-state index is 11.5. The van der Waals surface area contributed by atoms with Crippen LogP contribution in [-0.2, 0) is 11.3 Å². The van der Waals surface area contributed by atoms with E-state index < -0.39 is 0 Å². The summed E-state index contributed by atoms with van der Waals surface area (Å²) in [6, 6.07) is 7.77. The Bertz CT molecular complexity index is 634. The number of nitrogens with one attached hydrogen (secondary N) is 1. The minimum absolute atomic E-state index is 0.380. The Morgan fingerprint density at radius 1 is 1.35 bits per heavy atom. The molecule has 5 heteroatoms. The molecule has 0 radical (unpaired) electrons. The molecule has 0 saturated carbocycles. The van der Waals surface area contributed by atoms with Crippen LogP contribution >= 0.6 is 15.9 Å². The first-order valence-electron chi connectivity index (χ1n) is 6.19. The van der Waals surface area contributed by atoms with Crippen LogP contribution in [0.3, 0.4) is 0 Å². The number of furan rings is 1. The first-order valence-corrected chi connectivity index (χ1v) is 6.98. The molecular weight excluding hydrogens is 322 g/mol. The molecule has 4 nitrogen and oxygen atoms in total. The highest BCUT2D eigenvalue weighted by atomic mass is 79.9. The van der Waals surface area contributed by atoms with Crippen LogP contribution in [-0.4, -0.2) is 13.1 Å². The summed E-state index contributed by atoms with van der Waals surface area (Å²) >= 11 is 3.49. The number of ether oxygens (including phenoxy) is 1. The molecule has 2 aromatic rings. The fourth-order valence-corrected chi connectivity index (χ4v) is 2.29. The number of hydrogen-bond acceptors (Lipinski definition) is 4. The Morgan fingerprint density at radius 3 is 2.80 bits per heavy atom. The molecule has 0 bridgehead atoms. The summed E-state index contributed by atoms with van der Waals surface area (Å²) in [4.78, 5) is 11.5. The molecule has 0 spiro atoms. The van der Waals surface area contributed by atoms with Crippen LogP contribution in [0, 0.1) is 13.8 Å². The van der Waals surface area contributed by atoms with Gasteiger partial charge in [0.2, 0.25) is 0 Å². The molecule has 1 aromatic carbocycles. The summed E-state index contributed by atoms with van der Waals surface area (Å²) in [6.45, 7) is 4.28. The Balaban J connectivity index is 2.11. The molecule has 106 valence electrons. The zero-order valence-corrected chi connectivity index (χ0v) is 13.2. The standard InChI is InChI=1S/C15H16BrNO3/c1-9-4-5-13(16)14(6-9)17-8-11-7-12(10(2)20-11)15(18)19-3/h4-7,17H,8H2,1-3H3. The van der Waals surface area contributed by atoms with Gasteiger partial charge in [-0.1, -0.05) is 6.07 Å². The summed E-state index contributed by atoms with van der Waals surface area (Å²) in [6.07, 6.45) is 0. The van der Waals surface area contributed by atoms with Crippen molar-refractivity contribution in [2.45, 2.75) is 20.4 Å². The van der Waals surface area contributed by atoms with E-state index in [1.807, 2.05) is 25.1 Å². The maximum atomic E-state index is 11.5. The van der Waals surface area contributed by atoms with Crippen LogP contribution in [0.4, 0.5) is 5.69 Å². The fraction of sp³-hybridized carbons (Fsp3) is 0.267. The molecule has 0 saturated heterocycles. The van der Waals surface area contributed by atoms with Gasteiger partial charge in [0.05, 0.1) is 13.7 Å². The second-order valence-corrected chi connectivity index (χ2v) is 5.37. The number of hydrogen-bond donors (Lipinski definition) is 1. The molecule has 0 unspecified atom stereocenters. The van der Waals surface area contributed by atoms with Gasteiger partial charge >= 0.3 is 5.97 Å². The SMILES string of the molecule is COC(=O)c1cc(CNc2cc(C)ccc2Br)oc1C.